The molecule has 4 aromatic carbocycles. The lowest BCUT2D eigenvalue weighted by molar-refractivity contribution is -0.148. The summed E-state index contributed by atoms with van der Waals surface area (Å²) in [5.41, 5.74) is 12.7. The van der Waals surface area contributed by atoms with Gasteiger partial charge in [-0.3, -0.25) is 19.2 Å². The van der Waals surface area contributed by atoms with Gasteiger partial charge in [-0.2, -0.15) is 0 Å². The Hall–Kier alpha value is -4.56. The van der Waals surface area contributed by atoms with Crippen LogP contribution in [-0.4, -0.2) is 101 Å². The van der Waals surface area contributed by atoms with Crippen molar-refractivity contribution in [1.29, 1.82) is 0 Å². The predicted octanol–water partition coefficient (Wildman–Crippen LogP) is 7.40. The highest BCUT2D eigenvalue weighted by Gasteiger charge is 2.39. The molecule has 0 aliphatic carbocycles. The Morgan fingerprint density at radius 1 is 0.625 bits per heavy atom. The van der Waals surface area contributed by atoms with E-state index >= 15 is 0 Å². The molecule has 8 heterocycles. The van der Waals surface area contributed by atoms with Gasteiger partial charge in [0, 0.05) is 38.3 Å². The van der Waals surface area contributed by atoms with E-state index in [-0.39, 0.29) is 44.6 Å². The van der Waals surface area contributed by atoms with Crippen LogP contribution < -0.4 is 16.4 Å². The number of carbonyl (C=O) groups excluding carboxylic acids is 4. The first-order valence-electron chi connectivity index (χ1n) is 21.6. The maximum absolute atomic E-state index is 13.5. The number of rotatable bonds is 4. The standard InChI is InChI=1S/C24H26FN3O2.C15H14FN.C7H14N2.C2Cl2O2.2CH4/c25-19-7-5-18(6-8-19)22-20-4-2-1-3-16(20)11-14-28(22)24(30)23(29)26-21-15-27-12-9-17(21)10-13-27;16-13-7-5-12(6-8-13)15-14-4-2-1-3-11(14)9-10-17-15;8-7-5-9-3-1-6(7)2-4-9;3-1(5)2(4)6;;/h1-8,17,21-22H,9-15H2,(H,26,29);1-8,15,17H,9-10H2;6-7H,1-5,8H2;;2*1H4/t21-,22+;15-;7-;;;/m101.../s1. The zero-order valence-electron chi connectivity index (χ0n) is 34.7. The van der Waals surface area contributed by atoms with E-state index in [9.17, 15) is 28.0 Å². The van der Waals surface area contributed by atoms with E-state index in [1.807, 2.05) is 30.3 Å². The van der Waals surface area contributed by atoms with Gasteiger partial charge in [0.2, 0.25) is 0 Å². The van der Waals surface area contributed by atoms with Crippen molar-refractivity contribution in [3.05, 3.63) is 142 Å². The van der Waals surface area contributed by atoms with Crippen molar-refractivity contribution in [3.63, 3.8) is 0 Å². The molecule has 4 bridgehead atoms. The zero-order valence-corrected chi connectivity index (χ0v) is 36.2. The molecule has 6 saturated heterocycles. The Labute approximate surface area is 386 Å². The number of nitrogens with one attached hydrogen (secondary N) is 2. The SMILES string of the molecule is C.C.Fc1ccc([C@@H]2NCCc3ccccc32)cc1.N[C@@H]1CN2CCC1CC2.O=C(Cl)C(=O)Cl.O=C(N[C@@H]1CN2CCC1CC2)C(=O)N1CCc2ccccc2[C@@H]1c1ccc(F)cc1. The van der Waals surface area contributed by atoms with E-state index < -0.39 is 22.3 Å². The second kappa shape index (κ2) is 23.6. The largest absolute Gasteiger partial charge is 0.344 e. The van der Waals surface area contributed by atoms with Crippen LogP contribution in [0, 0.1) is 23.5 Å². The number of hydrogen-bond acceptors (Lipinski definition) is 8. The molecule has 14 heteroatoms. The van der Waals surface area contributed by atoms with Crippen molar-refractivity contribution >= 4 is 45.5 Å². The van der Waals surface area contributed by atoms with Gasteiger partial charge in [0.15, 0.2) is 0 Å². The molecule has 10 nitrogen and oxygen atoms in total. The summed E-state index contributed by atoms with van der Waals surface area (Å²) >= 11 is 8.98. The van der Waals surface area contributed by atoms with Crippen molar-refractivity contribution in [1.82, 2.24) is 25.3 Å². The van der Waals surface area contributed by atoms with E-state index in [4.69, 9.17) is 5.73 Å². The summed E-state index contributed by atoms with van der Waals surface area (Å²) in [6.45, 7) is 8.20. The molecule has 0 aromatic heterocycles. The highest BCUT2D eigenvalue weighted by molar-refractivity contribution is 6.97. The Morgan fingerprint density at radius 3 is 1.61 bits per heavy atom. The van der Waals surface area contributed by atoms with Crippen molar-refractivity contribution in [2.24, 2.45) is 17.6 Å². The van der Waals surface area contributed by atoms with Gasteiger partial charge in [-0.1, -0.05) is 87.6 Å². The maximum Gasteiger partial charge on any atom is 0.312 e. The summed E-state index contributed by atoms with van der Waals surface area (Å²) in [4.78, 5) is 51.5. The third-order valence-corrected chi connectivity index (χ3v) is 13.5. The minimum absolute atomic E-state index is 0. The summed E-state index contributed by atoms with van der Waals surface area (Å²) in [6.07, 6.45) is 6.62. The number of fused-ring (bicyclic) bond motifs is 8. The minimum atomic E-state index is -1.14. The number of halogens is 4. The highest BCUT2D eigenvalue weighted by Crippen LogP contribution is 2.36. The number of nitrogens with two attached hydrogens (primary N) is 1. The molecule has 8 aliphatic rings. The van der Waals surface area contributed by atoms with Gasteiger partial charge in [-0.05, 0) is 157 Å². The van der Waals surface area contributed by atoms with E-state index in [0.717, 1.165) is 80.2 Å². The average molecular weight is 920 g/mol. The molecule has 8 aliphatic heterocycles. The molecular weight excluding hydrogens is 857 g/mol. The Kier molecular flexibility index (Phi) is 18.6. The highest BCUT2D eigenvalue weighted by atomic mass is 35.5. The van der Waals surface area contributed by atoms with Crippen molar-refractivity contribution in [2.45, 2.75) is 77.5 Å². The molecular formula is C50H62Cl2F2N6O4. The van der Waals surface area contributed by atoms with Crippen LogP contribution in [0.4, 0.5) is 8.78 Å². The molecule has 6 fully saturated rings. The number of nitrogens with zero attached hydrogens (tertiary/aromatic N) is 3. The molecule has 4 atom stereocenters. The van der Waals surface area contributed by atoms with Crippen molar-refractivity contribution in [2.75, 3.05) is 52.4 Å². The van der Waals surface area contributed by atoms with Gasteiger partial charge in [0.25, 0.3) is 0 Å². The Balaban J connectivity index is 0.000000190. The lowest BCUT2D eigenvalue weighted by Gasteiger charge is -2.45. The first-order valence-corrected chi connectivity index (χ1v) is 22.3. The first-order chi connectivity index (χ1) is 29.9. The quantitative estimate of drug-likeness (QED) is 0.143. The smallest absolute Gasteiger partial charge is 0.312 e. The fourth-order valence-corrected chi connectivity index (χ4v) is 9.75. The summed E-state index contributed by atoms with van der Waals surface area (Å²) < 4.78 is 26.4. The third kappa shape index (κ3) is 12.6. The Morgan fingerprint density at radius 2 is 1.12 bits per heavy atom. The summed E-state index contributed by atoms with van der Waals surface area (Å²) in [7, 11) is 0. The van der Waals surface area contributed by atoms with Gasteiger partial charge in [-0.15, -0.1) is 0 Å². The molecule has 344 valence electrons. The predicted molar refractivity (Wildman–Crippen MR) is 250 cm³/mol. The number of carbonyl (C=O) groups is 4. The van der Waals surface area contributed by atoms with E-state index in [2.05, 4.69) is 74.0 Å². The van der Waals surface area contributed by atoms with E-state index in [1.54, 1.807) is 17.0 Å². The van der Waals surface area contributed by atoms with Crippen LogP contribution in [0.25, 0.3) is 0 Å². The van der Waals surface area contributed by atoms with Crippen molar-refractivity contribution < 1.29 is 28.0 Å². The second-order valence-electron chi connectivity index (χ2n) is 16.9. The van der Waals surface area contributed by atoms with E-state index in [0.29, 0.717) is 24.9 Å². The molecule has 4 aromatic rings. The second-order valence-corrected chi connectivity index (χ2v) is 17.5. The first kappa shape index (κ1) is 50.4. The van der Waals surface area contributed by atoms with Gasteiger partial charge in [-0.25, -0.2) is 8.78 Å². The van der Waals surface area contributed by atoms with Crippen molar-refractivity contribution in [3.8, 4) is 0 Å². The number of amides is 2. The summed E-state index contributed by atoms with van der Waals surface area (Å²) in [6, 6.07) is 29.7. The lowest BCUT2D eigenvalue weighted by Crippen LogP contribution is -2.59. The number of piperidine rings is 6. The van der Waals surface area contributed by atoms with Gasteiger partial charge < -0.3 is 31.1 Å². The number of hydrogen-bond donors (Lipinski definition) is 3. The monoisotopic (exact) mass is 918 g/mol. The van der Waals surface area contributed by atoms with Crippen LogP contribution in [0.3, 0.4) is 0 Å². The molecule has 0 spiro atoms. The zero-order chi connectivity index (χ0) is 43.8. The minimum Gasteiger partial charge on any atom is -0.344 e. The number of benzene rings is 4. The maximum atomic E-state index is 13.5. The van der Waals surface area contributed by atoms with Crippen LogP contribution in [0.5, 0.6) is 0 Å². The topological polar surface area (TPSA) is 128 Å². The molecule has 0 radical (unpaired) electrons. The third-order valence-electron chi connectivity index (χ3n) is 13.1. The average Bonchev–Trinajstić information content (AvgIpc) is 3.30. The molecule has 2 amide bonds. The summed E-state index contributed by atoms with van der Waals surface area (Å²) in [5, 5.41) is 4.23. The van der Waals surface area contributed by atoms with E-state index in [1.165, 1.54) is 61.3 Å². The summed E-state index contributed by atoms with van der Waals surface area (Å²) in [5.74, 6) is -0.217. The molecule has 12 rings (SSSR count). The molecule has 64 heavy (non-hydrogen) atoms. The normalized spacial score (nSPS) is 25.5. The van der Waals surface area contributed by atoms with Crippen LogP contribution in [-0.2, 0) is 32.0 Å². The van der Waals surface area contributed by atoms with Crippen LogP contribution in [0.2, 0.25) is 0 Å². The molecule has 4 N–H and O–H groups in total. The lowest BCUT2D eigenvalue weighted by atomic mass is 9.84. The fraction of sp³-hybridized carbons (Fsp3) is 0.440. The molecule has 0 saturated carbocycles. The van der Waals surface area contributed by atoms with Gasteiger partial charge >= 0.3 is 22.3 Å². The van der Waals surface area contributed by atoms with Gasteiger partial charge in [0.1, 0.15) is 11.6 Å². The van der Waals surface area contributed by atoms with Gasteiger partial charge in [0.05, 0.1) is 12.1 Å². The van der Waals surface area contributed by atoms with Crippen LogP contribution >= 0.6 is 23.2 Å². The van der Waals surface area contributed by atoms with Crippen LogP contribution in [0.1, 0.15) is 86.0 Å². The van der Waals surface area contributed by atoms with Crippen LogP contribution in [0.15, 0.2) is 97.1 Å². The fourth-order valence-electron chi connectivity index (χ4n) is 9.75. The Bertz CT molecular complexity index is 2170. The molecule has 0 unspecified atom stereocenters.